The van der Waals surface area contributed by atoms with Crippen molar-refractivity contribution in [2.45, 2.75) is 13.8 Å². The van der Waals surface area contributed by atoms with Gasteiger partial charge < -0.3 is 9.47 Å². The largest absolute Gasteiger partial charge is 0.493 e. The van der Waals surface area contributed by atoms with Crippen LogP contribution in [-0.4, -0.2) is 30.0 Å². The molecule has 3 rings (SSSR count). The highest BCUT2D eigenvalue weighted by Crippen LogP contribution is 2.36. The number of benzene rings is 2. The summed E-state index contributed by atoms with van der Waals surface area (Å²) in [5.74, 6) is -0.242. The number of nitro groups is 1. The van der Waals surface area contributed by atoms with Gasteiger partial charge in [0.1, 0.15) is 5.56 Å². The van der Waals surface area contributed by atoms with Crippen LogP contribution in [0.4, 0.5) is 10.8 Å². The Morgan fingerprint density at radius 1 is 1.15 bits per heavy atom. The number of fused-ring (bicyclic) bond motifs is 1. The first kappa shape index (κ1) is 18.6. The van der Waals surface area contributed by atoms with Gasteiger partial charge in [0, 0.05) is 6.07 Å². The van der Waals surface area contributed by atoms with E-state index in [1.807, 2.05) is 26.0 Å². The number of aryl methyl sites for hydroxylation is 2. The Balaban J connectivity index is 2.02. The zero-order valence-corrected chi connectivity index (χ0v) is 16.0. The topological polar surface area (TPSA) is 104 Å². The molecular weight excluding hydrogens is 370 g/mol. The van der Waals surface area contributed by atoms with E-state index in [1.54, 1.807) is 0 Å². The molecule has 0 aliphatic rings. The number of anilines is 1. The van der Waals surface area contributed by atoms with Gasteiger partial charge in [-0.05, 0) is 25.0 Å². The number of nitro benzene ring substituents is 1. The first-order valence-corrected chi connectivity index (χ1v) is 8.75. The zero-order chi connectivity index (χ0) is 19.7. The van der Waals surface area contributed by atoms with Crippen molar-refractivity contribution in [1.29, 1.82) is 0 Å². The lowest BCUT2D eigenvalue weighted by Gasteiger charge is -2.10. The Kier molecular flexibility index (Phi) is 4.95. The molecule has 0 unspecified atom stereocenters. The summed E-state index contributed by atoms with van der Waals surface area (Å²) in [6.45, 7) is 3.90. The summed E-state index contributed by atoms with van der Waals surface area (Å²) in [7, 11) is 2.76. The van der Waals surface area contributed by atoms with Gasteiger partial charge in [-0.25, -0.2) is 4.98 Å². The molecule has 0 fully saturated rings. The van der Waals surface area contributed by atoms with Crippen LogP contribution in [0.25, 0.3) is 10.2 Å². The van der Waals surface area contributed by atoms with E-state index in [1.165, 1.54) is 37.7 Å². The second-order valence-electron chi connectivity index (χ2n) is 5.83. The summed E-state index contributed by atoms with van der Waals surface area (Å²) in [5.41, 5.74) is 2.33. The van der Waals surface area contributed by atoms with Gasteiger partial charge in [-0.3, -0.25) is 20.2 Å². The van der Waals surface area contributed by atoms with Crippen LogP contribution in [0.2, 0.25) is 0 Å². The van der Waals surface area contributed by atoms with E-state index < -0.39 is 10.8 Å². The number of nitrogens with zero attached hydrogens (tertiary/aromatic N) is 2. The lowest BCUT2D eigenvalue weighted by molar-refractivity contribution is -0.385. The fourth-order valence-corrected chi connectivity index (χ4v) is 3.68. The number of thiazole rings is 1. The Hall–Kier alpha value is -3.20. The Morgan fingerprint density at radius 2 is 1.78 bits per heavy atom. The van der Waals surface area contributed by atoms with Gasteiger partial charge in [-0.2, -0.15) is 0 Å². The maximum atomic E-state index is 12.7. The fourth-order valence-electron chi connectivity index (χ4n) is 2.68. The molecular formula is C18H17N3O5S. The fraction of sp³-hybridized carbons (Fsp3) is 0.222. The molecule has 0 aliphatic heterocycles. The van der Waals surface area contributed by atoms with Crippen molar-refractivity contribution in [3.05, 3.63) is 51.1 Å². The Morgan fingerprint density at radius 3 is 2.37 bits per heavy atom. The van der Waals surface area contributed by atoms with Gasteiger partial charge in [-0.15, -0.1) is 0 Å². The van der Waals surface area contributed by atoms with Crippen molar-refractivity contribution < 1.29 is 19.2 Å². The van der Waals surface area contributed by atoms with Crippen molar-refractivity contribution >= 4 is 38.3 Å². The third-order valence-electron chi connectivity index (χ3n) is 4.11. The summed E-state index contributed by atoms with van der Waals surface area (Å²) in [5, 5.41) is 14.4. The lowest BCUT2D eigenvalue weighted by atomic mass is 10.1. The van der Waals surface area contributed by atoms with Gasteiger partial charge in [0.25, 0.3) is 11.6 Å². The van der Waals surface area contributed by atoms with E-state index in [0.717, 1.165) is 21.3 Å². The first-order valence-electron chi connectivity index (χ1n) is 7.94. The maximum absolute atomic E-state index is 12.7. The van der Waals surface area contributed by atoms with Crippen molar-refractivity contribution in [2.75, 3.05) is 19.5 Å². The minimum absolute atomic E-state index is 0.134. The molecule has 27 heavy (non-hydrogen) atoms. The van der Waals surface area contributed by atoms with Crippen molar-refractivity contribution in [1.82, 2.24) is 4.98 Å². The molecule has 1 heterocycles. The van der Waals surface area contributed by atoms with E-state index >= 15 is 0 Å². The molecule has 0 bridgehead atoms. The Bertz CT molecular complexity index is 1020. The van der Waals surface area contributed by atoms with Crippen LogP contribution in [0.3, 0.4) is 0 Å². The molecule has 0 aliphatic carbocycles. The minimum Gasteiger partial charge on any atom is -0.493 e. The standard InChI is InChI=1S/C18H17N3O5S/c1-9-5-6-10(2)16-15(9)19-18(27-16)20-17(22)11-7-13(25-3)14(26-4)8-12(11)21(23)24/h5-8H,1-4H3,(H,19,20,22). The van der Waals surface area contributed by atoms with E-state index in [0.29, 0.717) is 5.13 Å². The van der Waals surface area contributed by atoms with Crippen LogP contribution in [0, 0.1) is 24.0 Å². The van der Waals surface area contributed by atoms with Crippen LogP contribution < -0.4 is 14.8 Å². The van der Waals surface area contributed by atoms with Crippen LogP contribution in [0.1, 0.15) is 21.5 Å². The molecule has 0 atom stereocenters. The number of rotatable bonds is 5. The SMILES string of the molecule is COc1cc(C(=O)Nc2nc3c(C)ccc(C)c3s2)c([N+](=O)[O-])cc1OC. The van der Waals surface area contributed by atoms with Crippen molar-refractivity contribution in [3.63, 3.8) is 0 Å². The third kappa shape index (κ3) is 3.41. The summed E-state index contributed by atoms with van der Waals surface area (Å²) in [6, 6.07) is 6.40. The molecule has 1 aromatic heterocycles. The number of hydrogen-bond donors (Lipinski definition) is 1. The average molecular weight is 387 g/mol. The zero-order valence-electron chi connectivity index (χ0n) is 15.2. The van der Waals surface area contributed by atoms with E-state index in [4.69, 9.17) is 9.47 Å². The molecule has 0 radical (unpaired) electrons. The molecule has 8 nitrogen and oxygen atoms in total. The number of aromatic nitrogens is 1. The van der Waals surface area contributed by atoms with Gasteiger partial charge in [-0.1, -0.05) is 23.5 Å². The molecule has 0 saturated carbocycles. The average Bonchev–Trinajstić information content (AvgIpc) is 3.08. The summed E-state index contributed by atoms with van der Waals surface area (Å²) < 4.78 is 11.2. The number of carbonyl (C=O) groups excluding carboxylic acids is 1. The molecule has 9 heteroatoms. The quantitative estimate of drug-likeness (QED) is 0.522. The van der Waals surface area contributed by atoms with Crippen LogP contribution in [0.5, 0.6) is 11.5 Å². The predicted molar refractivity (Wildman–Crippen MR) is 103 cm³/mol. The predicted octanol–water partition coefficient (Wildman–Crippen LogP) is 4.09. The number of hydrogen-bond acceptors (Lipinski definition) is 7. The smallest absolute Gasteiger partial charge is 0.286 e. The number of methoxy groups -OCH3 is 2. The molecule has 0 saturated heterocycles. The van der Waals surface area contributed by atoms with E-state index in [-0.39, 0.29) is 22.7 Å². The molecule has 1 N–H and O–H groups in total. The molecule has 1 amide bonds. The minimum atomic E-state index is -0.642. The van der Waals surface area contributed by atoms with Crippen molar-refractivity contribution in [2.24, 2.45) is 0 Å². The number of carbonyl (C=O) groups is 1. The van der Waals surface area contributed by atoms with Crippen LogP contribution in [-0.2, 0) is 0 Å². The van der Waals surface area contributed by atoms with E-state index in [2.05, 4.69) is 10.3 Å². The van der Waals surface area contributed by atoms with Gasteiger partial charge in [0.15, 0.2) is 16.6 Å². The molecule has 0 spiro atoms. The second kappa shape index (κ2) is 7.20. The second-order valence-corrected chi connectivity index (χ2v) is 6.83. The monoisotopic (exact) mass is 387 g/mol. The third-order valence-corrected chi connectivity index (χ3v) is 5.21. The Labute approximate surface area is 158 Å². The molecule has 2 aromatic carbocycles. The molecule has 3 aromatic rings. The van der Waals surface area contributed by atoms with Crippen LogP contribution in [0.15, 0.2) is 24.3 Å². The summed E-state index contributed by atoms with van der Waals surface area (Å²) in [6.07, 6.45) is 0. The van der Waals surface area contributed by atoms with Crippen molar-refractivity contribution in [3.8, 4) is 11.5 Å². The highest BCUT2D eigenvalue weighted by Gasteiger charge is 2.25. The summed E-state index contributed by atoms with van der Waals surface area (Å²) >= 11 is 1.32. The van der Waals surface area contributed by atoms with E-state index in [9.17, 15) is 14.9 Å². The number of nitrogens with one attached hydrogen (secondary N) is 1. The highest BCUT2D eigenvalue weighted by molar-refractivity contribution is 7.22. The normalized spacial score (nSPS) is 10.7. The summed E-state index contributed by atoms with van der Waals surface area (Å²) in [4.78, 5) is 27.9. The maximum Gasteiger partial charge on any atom is 0.286 e. The highest BCUT2D eigenvalue weighted by atomic mass is 32.1. The van der Waals surface area contributed by atoms with Crippen LogP contribution >= 0.6 is 11.3 Å². The number of amides is 1. The van der Waals surface area contributed by atoms with Gasteiger partial charge in [0.2, 0.25) is 0 Å². The van der Waals surface area contributed by atoms with Gasteiger partial charge in [0.05, 0.1) is 35.4 Å². The molecule has 140 valence electrons. The number of ether oxygens (including phenoxy) is 2. The lowest BCUT2D eigenvalue weighted by Crippen LogP contribution is -2.14. The van der Waals surface area contributed by atoms with Gasteiger partial charge >= 0.3 is 0 Å². The first-order chi connectivity index (χ1) is 12.8.